The molecule has 0 amide bonds. The minimum Gasteiger partial charge on any atom is -0.460 e. The van der Waals surface area contributed by atoms with E-state index in [0.717, 1.165) is 32.1 Å². The van der Waals surface area contributed by atoms with E-state index in [0.29, 0.717) is 6.42 Å². The Morgan fingerprint density at radius 3 is 2.64 bits per heavy atom. The molecule has 0 aliphatic heterocycles. The van der Waals surface area contributed by atoms with Crippen molar-refractivity contribution in [1.82, 2.24) is 0 Å². The van der Waals surface area contributed by atoms with Crippen molar-refractivity contribution in [3.05, 3.63) is 0 Å². The van der Waals surface area contributed by atoms with Gasteiger partial charge in [-0.1, -0.05) is 19.8 Å². The fourth-order valence-electron chi connectivity index (χ4n) is 1.82. The van der Waals surface area contributed by atoms with Crippen molar-refractivity contribution in [3.63, 3.8) is 0 Å². The monoisotopic (exact) mass is 200 g/mol. The first-order valence-electron chi connectivity index (χ1n) is 5.62. The normalized spacial score (nSPS) is 20.4. The number of ether oxygens (including phenoxy) is 1. The van der Waals surface area contributed by atoms with Crippen LogP contribution < -0.4 is 0 Å². The zero-order valence-corrected chi connectivity index (χ0v) is 8.87. The van der Waals surface area contributed by atoms with Gasteiger partial charge < -0.3 is 9.84 Å². The fraction of sp³-hybridized carbons (Fsp3) is 0.909. The molecule has 0 aromatic carbocycles. The van der Waals surface area contributed by atoms with Gasteiger partial charge >= 0.3 is 5.97 Å². The van der Waals surface area contributed by atoms with Gasteiger partial charge in [-0.2, -0.15) is 0 Å². The predicted molar refractivity (Wildman–Crippen MR) is 53.9 cm³/mol. The molecule has 0 saturated heterocycles. The van der Waals surface area contributed by atoms with Crippen molar-refractivity contribution < 1.29 is 14.6 Å². The zero-order valence-electron chi connectivity index (χ0n) is 8.87. The molecule has 1 atom stereocenters. The van der Waals surface area contributed by atoms with Crippen LogP contribution in [0.5, 0.6) is 0 Å². The van der Waals surface area contributed by atoms with Crippen LogP contribution >= 0.6 is 0 Å². The van der Waals surface area contributed by atoms with Gasteiger partial charge in [0.25, 0.3) is 0 Å². The maximum absolute atomic E-state index is 11.3. The predicted octanol–water partition coefficient (Wildman–Crippen LogP) is 2.02. The van der Waals surface area contributed by atoms with Crippen molar-refractivity contribution >= 4 is 5.97 Å². The lowest BCUT2D eigenvalue weighted by molar-refractivity contribution is -0.160. The number of aliphatic hydroxyl groups excluding tert-OH is 1. The molecule has 1 aliphatic carbocycles. The Morgan fingerprint density at radius 2 is 2.07 bits per heavy atom. The zero-order chi connectivity index (χ0) is 10.4. The molecule has 1 aliphatic rings. The number of aliphatic hydroxyl groups is 1. The van der Waals surface area contributed by atoms with E-state index >= 15 is 0 Å². The number of hydrogen-bond acceptors (Lipinski definition) is 3. The maximum atomic E-state index is 11.3. The van der Waals surface area contributed by atoms with Gasteiger partial charge in [-0.15, -0.1) is 0 Å². The molecule has 0 bridgehead atoms. The van der Waals surface area contributed by atoms with Gasteiger partial charge in [-0.25, -0.2) is 4.79 Å². The summed E-state index contributed by atoms with van der Waals surface area (Å²) in [6.45, 7) is 1.94. The number of esters is 1. The molecular weight excluding hydrogens is 180 g/mol. The van der Waals surface area contributed by atoms with Crippen molar-refractivity contribution in [2.75, 3.05) is 0 Å². The highest BCUT2D eigenvalue weighted by atomic mass is 16.6. The Labute approximate surface area is 85.5 Å². The molecule has 3 nitrogen and oxygen atoms in total. The van der Waals surface area contributed by atoms with Gasteiger partial charge in [0.05, 0.1) is 0 Å². The summed E-state index contributed by atoms with van der Waals surface area (Å²) < 4.78 is 5.22. The van der Waals surface area contributed by atoms with Crippen LogP contribution in [0.3, 0.4) is 0 Å². The van der Waals surface area contributed by atoms with Crippen LogP contribution in [-0.2, 0) is 9.53 Å². The van der Waals surface area contributed by atoms with Gasteiger partial charge in [0.15, 0.2) is 6.10 Å². The van der Waals surface area contributed by atoms with Crippen LogP contribution in [0.25, 0.3) is 0 Å². The highest BCUT2D eigenvalue weighted by Crippen LogP contribution is 2.20. The number of carbonyl (C=O) groups is 1. The summed E-state index contributed by atoms with van der Waals surface area (Å²) in [5.41, 5.74) is 0. The molecule has 0 aromatic rings. The first kappa shape index (κ1) is 11.5. The summed E-state index contributed by atoms with van der Waals surface area (Å²) >= 11 is 0. The van der Waals surface area contributed by atoms with Crippen LogP contribution in [0.1, 0.15) is 51.9 Å². The van der Waals surface area contributed by atoms with E-state index in [9.17, 15) is 9.90 Å². The third-order valence-corrected chi connectivity index (χ3v) is 2.67. The fourth-order valence-corrected chi connectivity index (χ4v) is 1.82. The molecule has 0 radical (unpaired) electrons. The summed E-state index contributed by atoms with van der Waals surface area (Å²) in [5, 5.41) is 9.37. The molecule has 82 valence electrons. The summed E-state index contributed by atoms with van der Waals surface area (Å²) in [6, 6.07) is 0. The third-order valence-electron chi connectivity index (χ3n) is 2.67. The summed E-state index contributed by atoms with van der Waals surface area (Å²) in [6.07, 6.45) is 5.90. The van der Waals surface area contributed by atoms with Gasteiger partial charge in [0.1, 0.15) is 6.10 Å². The van der Waals surface area contributed by atoms with Crippen molar-refractivity contribution in [1.29, 1.82) is 0 Å². The Morgan fingerprint density at radius 1 is 1.43 bits per heavy atom. The molecule has 1 rings (SSSR count). The summed E-state index contributed by atoms with van der Waals surface area (Å²) in [4.78, 5) is 11.3. The maximum Gasteiger partial charge on any atom is 0.335 e. The molecule has 1 unspecified atom stereocenters. The topological polar surface area (TPSA) is 46.5 Å². The van der Waals surface area contributed by atoms with Crippen molar-refractivity contribution in [3.8, 4) is 0 Å². The SMILES string of the molecule is CCCC(O)C(=O)OC1CCCCC1. The molecule has 0 aromatic heterocycles. The average molecular weight is 200 g/mol. The van der Waals surface area contributed by atoms with E-state index in [1.54, 1.807) is 0 Å². The van der Waals surface area contributed by atoms with Crippen LogP contribution in [0.2, 0.25) is 0 Å². The van der Waals surface area contributed by atoms with Gasteiger partial charge in [0, 0.05) is 0 Å². The number of hydrogen-bond donors (Lipinski definition) is 1. The van der Waals surface area contributed by atoms with E-state index in [-0.39, 0.29) is 6.10 Å². The Bertz CT molecular complexity index is 173. The van der Waals surface area contributed by atoms with E-state index in [1.165, 1.54) is 6.42 Å². The molecule has 1 N–H and O–H groups in total. The van der Waals surface area contributed by atoms with E-state index in [4.69, 9.17) is 4.74 Å². The van der Waals surface area contributed by atoms with E-state index in [1.807, 2.05) is 6.92 Å². The standard InChI is InChI=1S/C11H20O3/c1-2-6-10(12)11(13)14-9-7-4-3-5-8-9/h9-10,12H,2-8H2,1H3. The van der Waals surface area contributed by atoms with Crippen LogP contribution in [-0.4, -0.2) is 23.3 Å². The molecule has 0 heterocycles. The van der Waals surface area contributed by atoms with Gasteiger partial charge in [0.2, 0.25) is 0 Å². The minimum absolute atomic E-state index is 0.0581. The smallest absolute Gasteiger partial charge is 0.335 e. The van der Waals surface area contributed by atoms with Gasteiger partial charge in [-0.3, -0.25) is 0 Å². The molecule has 14 heavy (non-hydrogen) atoms. The molecule has 1 fully saturated rings. The van der Waals surface area contributed by atoms with Crippen LogP contribution in [0.15, 0.2) is 0 Å². The molecule has 3 heteroatoms. The quantitative estimate of drug-likeness (QED) is 0.706. The Balaban J connectivity index is 2.24. The second kappa shape index (κ2) is 6.02. The van der Waals surface area contributed by atoms with E-state index < -0.39 is 12.1 Å². The highest BCUT2D eigenvalue weighted by molar-refractivity contribution is 5.74. The van der Waals surface area contributed by atoms with Crippen molar-refractivity contribution in [2.45, 2.75) is 64.1 Å². The number of rotatable bonds is 4. The largest absolute Gasteiger partial charge is 0.460 e. The summed E-state index contributed by atoms with van der Waals surface area (Å²) in [5.74, 6) is -0.432. The lowest BCUT2D eigenvalue weighted by Crippen LogP contribution is -2.29. The van der Waals surface area contributed by atoms with Crippen LogP contribution in [0, 0.1) is 0 Å². The minimum atomic E-state index is -0.915. The average Bonchev–Trinajstić information content (AvgIpc) is 2.19. The highest BCUT2D eigenvalue weighted by Gasteiger charge is 2.22. The summed E-state index contributed by atoms with van der Waals surface area (Å²) in [7, 11) is 0. The number of carbonyl (C=O) groups excluding carboxylic acids is 1. The van der Waals surface area contributed by atoms with Gasteiger partial charge in [-0.05, 0) is 32.1 Å². The second-order valence-corrected chi connectivity index (χ2v) is 4.00. The molecular formula is C11H20O3. The van der Waals surface area contributed by atoms with E-state index in [2.05, 4.69) is 0 Å². The molecule has 0 spiro atoms. The first-order chi connectivity index (χ1) is 6.74. The first-order valence-corrected chi connectivity index (χ1v) is 5.62. The van der Waals surface area contributed by atoms with Crippen LogP contribution in [0.4, 0.5) is 0 Å². The Kier molecular flexibility index (Phi) is 4.94. The van der Waals surface area contributed by atoms with Crippen molar-refractivity contribution in [2.24, 2.45) is 0 Å². The lowest BCUT2D eigenvalue weighted by atomic mass is 9.98. The Hall–Kier alpha value is -0.570. The lowest BCUT2D eigenvalue weighted by Gasteiger charge is -2.23. The second-order valence-electron chi connectivity index (χ2n) is 4.00. The third kappa shape index (κ3) is 3.66. The molecule has 1 saturated carbocycles.